The number of alkyl halides is 3. The van der Waals surface area contributed by atoms with Crippen molar-refractivity contribution in [2.45, 2.75) is 44.1 Å². The number of nitrogens with one attached hydrogen (secondary N) is 1. The smallest absolute Gasteiger partial charge is 0.325 e. The molecule has 4 amide bonds. The van der Waals surface area contributed by atoms with Crippen LogP contribution in [0, 0.1) is 5.82 Å². The number of hydrogen-bond acceptors (Lipinski definition) is 4. The van der Waals surface area contributed by atoms with E-state index < -0.39 is 54.5 Å². The van der Waals surface area contributed by atoms with Crippen LogP contribution >= 0.6 is 0 Å². The van der Waals surface area contributed by atoms with Crippen LogP contribution in [0.3, 0.4) is 0 Å². The molecule has 8 nitrogen and oxygen atoms in total. The quantitative estimate of drug-likeness (QED) is 0.378. The fourth-order valence-electron chi connectivity index (χ4n) is 5.22. The van der Waals surface area contributed by atoms with Gasteiger partial charge in [-0.05, 0) is 54.2 Å². The first-order valence-electron chi connectivity index (χ1n) is 12.3. The van der Waals surface area contributed by atoms with Crippen LogP contribution in [0.4, 0.5) is 22.4 Å². The van der Waals surface area contributed by atoms with Crippen LogP contribution in [-0.2, 0) is 35.1 Å². The second-order valence-electron chi connectivity index (χ2n) is 9.87. The number of aryl methyl sites for hydroxylation is 2. The van der Waals surface area contributed by atoms with E-state index in [1.54, 1.807) is 24.0 Å². The molecule has 0 saturated carbocycles. The Morgan fingerprint density at radius 1 is 1.18 bits per heavy atom. The van der Waals surface area contributed by atoms with E-state index in [1.807, 2.05) is 18.3 Å². The molecule has 204 valence electrons. The number of urea groups is 1. The summed E-state index contributed by atoms with van der Waals surface area (Å²) in [4.78, 5) is 40.8. The Morgan fingerprint density at radius 2 is 1.95 bits per heavy atom. The molecule has 1 spiro atoms. The van der Waals surface area contributed by atoms with E-state index in [4.69, 9.17) is 0 Å². The Kier molecular flexibility index (Phi) is 6.44. The molecular weight excluding hydrogens is 518 g/mol. The lowest BCUT2D eigenvalue weighted by atomic mass is 9.90. The lowest BCUT2D eigenvalue weighted by Crippen LogP contribution is -2.51. The standard InChI is InChI=1S/C27H25F4N5O3/c1-16(27(29,30)31)35(13-17-4-3-5-21(28)10-17)23(37)15-36-24(38)26(33-25(36)39)9-8-19-11-18(6-7-22(19)26)20-12-32-34(2)14-20/h3-7,10-12,14,16H,8-9,13,15H2,1-2H3,(H,33,39)/t16-,26-/m0/s1. The lowest BCUT2D eigenvalue weighted by Gasteiger charge is -2.32. The number of benzene rings is 2. The Morgan fingerprint density at radius 3 is 2.62 bits per heavy atom. The van der Waals surface area contributed by atoms with Gasteiger partial charge in [0.05, 0.1) is 6.20 Å². The van der Waals surface area contributed by atoms with Crippen molar-refractivity contribution in [3.63, 3.8) is 0 Å². The molecule has 1 saturated heterocycles. The fourth-order valence-corrected chi connectivity index (χ4v) is 5.22. The van der Waals surface area contributed by atoms with Crippen LogP contribution in [0.15, 0.2) is 54.9 Å². The van der Waals surface area contributed by atoms with E-state index in [0.717, 1.165) is 35.7 Å². The van der Waals surface area contributed by atoms with Crippen molar-refractivity contribution < 1.29 is 31.9 Å². The first-order valence-corrected chi connectivity index (χ1v) is 12.3. The van der Waals surface area contributed by atoms with Crippen molar-refractivity contribution in [2.75, 3.05) is 6.54 Å². The van der Waals surface area contributed by atoms with Crippen molar-refractivity contribution in [3.05, 3.63) is 77.4 Å². The normalized spacial score (nSPS) is 19.4. The van der Waals surface area contributed by atoms with Crippen LogP contribution in [0.5, 0.6) is 0 Å². The number of carbonyl (C=O) groups excluding carboxylic acids is 3. The van der Waals surface area contributed by atoms with Gasteiger partial charge in [-0.3, -0.25) is 19.2 Å². The molecule has 1 aromatic heterocycles. The molecule has 39 heavy (non-hydrogen) atoms. The second-order valence-corrected chi connectivity index (χ2v) is 9.87. The number of nitrogens with zero attached hydrogens (tertiary/aromatic N) is 4. The Labute approximate surface area is 221 Å². The number of rotatable bonds is 6. The zero-order valence-electron chi connectivity index (χ0n) is 21.1. The maximum atomic E-state index is 13.7. The second kappa shape index (κ2) is 9.51. The summed E-state index contributed by atoms with van der Waals surface area (Å²) in [6, 6.07) is 7.26. The van der Waals surface area contributed by atoms with Crippen molar-refractivity contribution in [2.24, 2.45) is 7.05 Å². The minimum atomic E-state index is -4.78. The number of carbonyl (C=O) groups is 3. The predicted molar refractivity (Wildman–Crippen MR) is 131 cm³/mol. The summed E-state index contributed by atoms with van der Waals surface area (Å²) in [5.41, 5.74) is 1.94. The van der Waals surface area contributed by atoms with Gasteiger partial charge in [0.1, 0.15) is 23.9 Å². The molecule has 2 atom stereocenters. The van der Waals surface area contributed by atoms with Gasteiger partial charge in [0.2, 0.25) is 5.91 Å². The number of halogens is 4. The maximum Gasteiger partial charge on any atom is 0.408 e. The third-order valence-corrected chi connectivity index (χ3v) is 7.35. The van der Waals surface area contributed by atoms with Crippen LogP contribution in [-0.4, -0.2) is 56.2 Å². The number of aromatic nitrogens is 2. The van der Waals surface area contributed by atoms with Gasteiger partial charge in [-0.1, -0.05) is 30.3 Å². The predicted octanol–water partition coefficient (Wildman–Crippen LogP) is 3.90. The van der Waals surface area contributed by atoms with Gasteiger partial charge in [0.15, 0.2) is 0 Å². The number of hydrogen-bond donors (Lipinski definition) is 1. The highest BCUT2D eigenvalue weighted by molar-refractivity contribution is 6.10. The van der Waals surface area contributed by atoms with Gasteiger partial charge in [0.25, 0.3) is 5.91 Å². The summed E-state index contributed by atoms with van der Waals surface area (Å²) < 4.78 is 56.2. The fraction of sp³-hybridized carbons (Fsp3) is 0.333. The van der Waals surface area contributed by atoms with Gasteiger partial charge < -0.3 is 10.2 Å². The minimum absolute atomic E-state index is 0.141. The van der Waals surface area contributed by atoms with Crippen LogP contribution in [0.1, 0.15) is 30.0 Å². The van der Waals surface area contributed by atoms with Gasteiger partial charge in [-0.15, -0.1) is 0 Å². The van der Waals surface area contributed by atoms with Gasteiger partial charge in [0, 0.05) is 25.4 Å². The molecule has 2 aromatic carbocycles. The molecule has 12 heteroatoms. The molecular formula is C27H25F4N5O3. The molecule has 2 aliphatic rings. The average molecular weight is 544 g/mol. The van der Waals surface area contributed by atoms with E-state index in [0.29, 0.717) is 21.8 Å². The first-order chi connectivity index (χ1) is 18.4. The molecule has 5 rings (SSSR count). The lowest BCUT2D eigenvalue weighted by molar-refractivity contribution is -0.187. The summed E-state index contributed by atoms with van der Waals surface area (Å²) >= 11 is 0. The Bertz CT molecular complexity index is 1470. The zero-order chi connectivity index (χ0) is 28.1. The first kappa shape index (κ1) is 26.4. The summed E-state index contributed by atoms with van der Waals surface area (Å²) in [5, 5.41) is 6.85. The number of amides is 4. The zero-order valence-corrected chi connectivity index (χ0v) is 21.1. The third-order valence-electron chi connectivity index (χ3n) is 7.35. The molecule has 0 bridgehead atoms. The van der Waals surface area contributed by atoms with E-state index in [1.165, 1.54) is 12.1 Å². The number of imide groups is 1. The highest BCUT2D eigenvalue weighted by Gasteiger charge is 2.56. The van der Waals surface area contributed by atoms with Gasteiger partial charge in [-0.2, -0.15) is 18.3 Å². The summed E-state index contributed by atoms with van der Waals surface area (Å²) in [6.45, 7) is -0.630. The largest absolute Gasteiger partial charge is 0.408 e. The molecule has 1 aliphatic heterocycles. The summed E-state index contributed by atoms with van der Waals surface area (Å²) in [6.07, 6.45) is -0.494. The highest BCUT2D eigenvalue weighted by Crippen LogP contribution is 2.42. The molecule has 2 heterocycles. The molecule has 3 aromatic rings. The Balaban J connectivity index is 1.39. The monoisotopic (exact) mass is 543 g/mol. The topological polar surface area (TPSA) is 87.5 Å². The molecule has 1 N–H and O–H groups in total. The van der Waals surface area contributed by atoms with Crippen LogP contribution in [0.2, 0.25) is 0 Å². The van der Waals surface area contributed by atoms with E-state index in [2.05, 4.69) is 10.4 Å². The third kappa shape index (κ3) is 4.75. The number of fused-ring (bicyclic) bond motifs is 2. The van der Waals surface area contributed by atoms with Gasteiger partial charge in [-0.25, -0.2) is 9.18 Å². The van der Waals surface area contributed by atoms with E-state index >= 15 is 0 Å². The van der Waals surface area contributed by atoms with Crippen molar-refractivity contribution >= 4 is 17.8 Å². The SMILES string of the molecule is C[C@H](N(Cc1cccc(F)c1)C(=O)CN1C(=O)N[C@]2(CCc3cc(-c4cnn(C)c4)ccc32)C1=O)C(F)(F)F. The highest BCUT2D eigenvalue weighted by atomic mass is 19.4. The van der Waals surface area contributed by atoms with Crippen molar-refractivity contribution in [1.82, 2.24) is 24.9 Å². The van der Waals surface area contributed by atoms with Crippen molar-refractivity contribution in [1.29, 1.82) is 0 Å². The summed E-state index contributed by atoms with van der Waals surface area (Å²) in [5.74, 6) is -2.45. The minimum Gasteiger partial charge on any atom is -0.325 e. The Hall–Kier alpha value is -4.22. The summed E-state index contributed by atoms with van der Waals surface area (Å²) in [7, 11) is 1.79. The average Bonchev–Trinajstić information content (AvgIpc) is 3.54. The van der Waals surface area contributed by atoms with Crippen molar-refractivity contribution in [3.8, 4) is 11.1 Å². The molecule has 0 radical (unpaired) electrons. The van der Waals surface area contributed by atoms with Gasteiger partial charge >= 0.3 is 12.2 Å². The molecule has 0 unspecified atom stereocenters. The van der Waals surface area contributed by atoms with E-state index in [-0.39, 0.29) is 12.0 Å². The molecule has 1 aliphatic carbocycles. The van der Waals surface area contributed by atoms with E-state index in [9.17, 15) is 31.9 Å². The maximum absolute atomic E-state index is 13.7. The van der Waals surface area contributed by atoms with Crippen LogP contribution in [0.25, 0.3) is 11.1 Å². The van der Waals surface area contributed by atoms with Crippen LogP contribution < -0.4 is 5.32 Å². The molecule has 1 fully saturated rings.